The number of halogens is 1. The summed E-state index contributed by atoms with van der Waals surface area (Å²) in [6.07, 6.45) is 4.08. The number of aromatic nitrogens is 2. The van der Waals surface area contributed by atoms with E-state index in [1.54, 1.807) is 35.3 Å². The molecule has 0 saturated heterocycles. The van der Waals surface area contributed by atoms with E-state index in [2.05, 4.69) is 5.10 Å². The fourth-order valence-electron chi connectivity index (χ4n) is 1.40. The molecule has 0 aliphatic heterocycles. The fraction of sp³-hybridized carbons (Fsp3) is 0.167. The largest absolute Gasteiger partial charge is 0.453 e. The Hall–Kier alpha value is -1.81. The Kier molecular flexibility index (Phi) is 3.44. The summed E-state index contributed by atoms with van der Waals surface area (Å²) in [5, 5.41) is 4.58. The average molecular weight is 251 g/mol. The van der Waals surface area contributed by atoms with Crippen LogP contribution in [-0.2, 0) is 6.54 Å². The molecule has 17 heavy (non-hydrogen) atoms. The minimum Gasteiger partial charge on any atom is -0.453 e. The zero-order valence-corrected chi connectivity index (χ0v) is 10.0. The number of hydrogen-bond donors (Lipinski definition) is 0. The first-order valence-electron chi connectivity index (χ1n) is 5.18. The Balaban J connectivity index is 2.26. The minimum atomic E-state index is 0.418. The Labute approximate surface area is 104 Å². The van der Waals surface area contributed by atoms with E-state index in [-0.39, 0.29) is 0 Å². The van der Waals surface area contributed by atoms with Crippen molar-refractivity contribution in [1.82, 2.24) is 9.78 Å². The molecule has 88 valence electrons. The molecule has 4 nitrogen and oxygen atoms in total. The standard InChI is InChI=1S/C12H11ClN2O2/c1-2-15-7-11(6-14-15)17-12-4-3-10(13)5-9(12)8-16/h3-8H,2H2,1H3. The van der Waals surface area contributed by atoms with Crippen molar-refractivity contribution < 1.29 is 9.53 Å². The number of nitrogens with zero attached hydrogens (tertiary/aromatic N) is 2. The lowest BCUT2D eigenvalue weighted by molar-refractivity contribution is 0.112. The second-order valence-corrected chi connectivity index (χ2v) is 3.87. The molecule has 0 aliphatic rings. The van der Waals surface area contributed by atoms with Crippen molar-refractivity contribution in [2.75, 3.05) is 0 Å². The molecule has 1 aromatic heterocycles. The smallest absolute Gasteiger partial charge is 0.165 e. The summed E-state index contributed by atoms with van der Waals surface area (Å²) >= 11 is 5.79. The molecule has 2 rings (SSSR count). The lowest BCUT2D eigenvalue weighted by atomic mass is 10.2. The van der Waals surface area contributed by atoms with E-state index in [1.807, 2.05) is 6.92 Å². The SMILES string of the molecule is CCn1cc(Oc2ccc(Cl)cc2C=O)cn1. The topological polar surface area (TPSA) is 44.1 Å². The van der Waals surface area contributed by atoms with Crippen LogP contribution in [0.4, 0.5) is 0 Å². The van der Waals surface area contributed by atoms with E-state index >= 15 is 0 Å². The van der Waals surface area contributed by atoms with Gasteiger partial charge in [-0.15, -0.1) is 0 Å². The van der Waals surface area contributed by atoms with Crippen molar-refractivity contribution in [2.24, 2.45) is 0 Å². The van der Waals surface area contributed by atoms with Crippen LogP contribution in [0.15, 0.2) is 30.6 Å². The Bertz CT molecular complexity index is 537. The summed E-state index contributed by atoms with van der Waals surface area (Å²) in [6, 6.07) is 4.90. The highest BCUT2D eigenvalue weighted by Gasteiger charge is 2.06. The molecule has 0 atom stereocenters. The summed E-state index contributed by atoms with van der Waals surface area (Å²) < 4.78 is 7.31. The molecule has 0 saturated carbocycles. The molecule has 0 fully saturated rings. The van der Waals surface area contributed by atoms with Gasteiger partial charge < -0.3 is 4.74 Å². The van der Waals surface area contributed by atoms with Crippen LogP contribution in [0.2, 0.25) is 5.02 Å². The number of hydrogen-bond acceptors (Lipinski definition) is 3. The number of aryl methyl sites for hydroxylation is 1. The zero-order chi connectivity index (χ0) is 12.3. The molecule has 5 heteroatoms. The van der Waals surface area contributed by atoms with Crippen LogP contribution in [0.1, 0.15) is 17.3 Å². The highest BCUT2D eigenvalue weighted by molar-refractivity contribution is 6.30. The van der Waals surface area contributed by atoms with Crippen LogP contribution in [0.25, 0.3) is 0 Å². The molecule has 0 spiro atoms. The van der Waals surface area contributed by atoms with Crippen LogP contribution in [-0.4, -0.2) is 16.1 Å². The van der Waals surface area contributed by atoms with E-state index in [0.717, 1.165) is 6.54 Å². The van der Waals surface area contributed by atoms with Crippen LogP contribution in [0.3, 0.4) is 0 Å². The van der Waals surface area contributed by atoms with Crippen molar-refractivity contribution in [3.63, 3.8) is 0 Å². The third-order valence-corrected chi connectivity index (χ3v) is 2.50. The predicted octanol–water partition coefficient (Wildman–Crippen LogP) is 3.16. The van der Waals surface area contributed by atoms with E-state index in [4.69, 9.17) is 16.3 Å². The van der Waals surface area contributed by atoms with Crippen molar-refractivity contribution in [3.8, 4) is 11.5 Å². The summed E-state index contributed by atoms with van der Waals surface area (Å²) in [5.74, 6) is 1.07. The molecular weight excluding hydrogens is 240 g/mol. The van der Waals surface area contributed by atoms with Gasteiger partial charge in [0.25, 0.3) is 0 Å². The Morgan fingerprint density at radius 2 is 2.35 bits per heavy atom. The van der Waals surface area contributed by atoms with Gasteiger partial charge in [-0.05, 0) is 25.1 Å². The molecule has 1 heterocycles. The van der Waals surface area contributed by atoms with Gasteiger partial charge in [0.05, 0.1) is 18.0 Å². The Morgan fingerprint density at radius 3 is 3.00 bits per heavy atom. The third-order valence-electron chi connectivity index (χ3n) is 2.26. The molecule has 0 N–H and O–H groups in total. The van der Waals surface area contributed by atoms with Crippen LogP contribution in [0.5, 0.6) is 11.5 Å². The minimum absolute atomic E-state index is 0.418. The summed E-state index contributed by atoms with van der Waals surface area (Å²) in [6.45, 7) is 2.75. The van der Waals surface area contributed by atoms with Crippen LogP contribution in [0, 0.1) is 0 Å². The number of ether oxygens (including phenoxy) is 1. The molecule has 0 amide bonds. The van der Waals surface area contributed by atoms with Crippen LogP contribution >= 0.6 is 11.6 Å². The lowest BCUT2D eigenvalue weighted by Gasteiger charge is -2.05. The highest BCUT2D eigenvalue weighted by Crippen LogP contribution is 2.26. The van der Waals surface area contributed by atoms with Crippen molar-refractivity contribution in [1.29, 1.82) is 0 Å². The number of carbonyl (C=O) groups excluding carboxylic acids is 1. The molecule has 0 aliphatic carbocycles. The van der Waals surface area contributed by atoms with Gasteiger partial charge in [0, 0.05) is 11.6 Å². The molecule has 0 unspecified atom stereocenters. The zero-order valence-electron chi connectivity index (χ0n) is 9.26. The maximum atomic E-state index is 10.9. The van der Waals surface area contributed by atoms with Gasteiger partial charge in [0.1, 0.15) is 5.75 Å². The third kappa shape index (κ3) is 2.65. The van der Waals surface area contributed by atoms with Crippen molar-refractivity contribution in [2.45, 2.75) is 13.5 Å². The monoisotopic (exact) mass is 250 g/mol. The van der Waals surface area contributed by atoms with E-state index in [1.165, 1.54) is 0 Å². The molecule has 1 aromatic carbocycles. The maximum absolute atomic E-state index is 10.9. The summed E-state index contributed by atoms with van der Waals surface area (Å²) in [5.41, 5.74) is 0.418. The summed E-state index contributed by atoms with van der Waals surface area (Å²) in [4.78, 5) is 10.9. The lowest BCUT2D eigenvalue weighted by Crippen LogP contribution is -1.92. The normalized spacial score (nSPS) is 10.2. The van der Waals surface area contributed by atoms with E-state index in [9.17, 15) is 4.79 Å². The van der Waals surface area contributed by atoms with Gasteiger partial charge in [0.15, 0.2) is 12.0 Å². The van der Waals surface area contributed by atoms with Gasteiger partial charge >= 0.3 is 0 Å². The maximum Gasteiger partial charge on any atom is 0.165 e. The van der Waals surface area contributed by atoms with Gasteiger partial charge in [-0.2, -0.15) is 5.10 Å². The molecular formula is C12H11ClN2O2. The quantitative estimate of drug-likeness (QED) is 0.783. The predicted molar refractivity (Wildman–Crippen MR) is 64.8 cm³/mol. The molecule has 0 bridgehead atoms. The van der Waals surface area contributed by atoms with Gasteiger partial charge in [-0.25, -0.2) is 0 Å². The highest BCUT2D eigenvalue weighted by atomic mass is 35.5. The van der Waals surface area contributed by atoms with Gasteiger partial charge in [-0.1, -0.05) is 11.6 Å². The van der Waals surface area contributed by atoms with Crippen molar-refractivity contribution in [3.05, 3.63) is 41.2 Å². The fourth-order valence-corrected chi connectivity index (χ4v) is 1.58. The van der Waals surface area contributed by atoms with Gasteiger partial charge in [-0.3, -0.25) is 9.48 Å². The molecule has 2 aromatic rings. The van der Waals surface area contributed by atoms with E-state index in [0.29, 0.717) is 28.4 Å². The summed E-state index contributed by atoms with van der Waals surface area (Å²) in [7, 11) is 0. The van der Waals surface area contributed by atoms with E-state index < -0.39 is 0 Å². The second-order valence-electron chi connectivity index (χ2n) is 3.43. The molecule has 0 radical (unpaired) electrons. The van der Waals surface area contributed by atoms with Gasteiger partial charge in [0.2, 0.25) is 0 Å². The number of carbonyl (C=O) groups is 1. The first kappa shape index (κ1) is 11.7. The second kappa shape index (κ2) is 5.01. The first-order chi connectivity index (χ1) is 8.22. The average Bonchev–Trinajstić information content (AvgIpc) is 2.79. The number of rotatable bonds is 4. The number of benzene rings is 1. The van der Waals surface area contributed by atoms with Crippen LogP contribution < -0.4 is 4.74 Å². The Morgan fingerprint density at radius 1 is 1.53 bits per heavy atom. The van der Waals surface area contributed by atoms with Crippen molar-refractivity contribution >= 4 is 17.9 Å². The number of aldehydes is 1. The first-order valence-corrected chi connectivity index (χ1v) is 5.55.